The highest BCUT2D eigenvalue weighted by atomic mass is 16.4. The van der Waals surface area contributed by atoms with E-state index in [4.69, 9.17) is 4.42 Å². The first-order valence-corrected chi connectivity index (χ1v) is 6.44. The number of hydrogen-bond donors (Lipinski definition) is 2. The Labute approximate surface area is 118 Å². The molecule has 0 saturated carbocycles. The number of rotatable bonds is 1. The molecule has 0 fully saturated rings. The second kappa shape index (κ2) is 4.21. The van der Waals surface area contributed by atoms with Gasteiger partial charge in [-0.05, 0) is 24.3 Å². The van der Waals surface area contributed by atoms with Crippen LogP contribution in [0.3, 0.4) is 0 Å². The first-order valence-electron chi connectivity index (χ1n) is 6.44. The van der Waals surface area contributed by atoms with Crippen LogP contribution in [0, 0.1) is 0 Å². The standard InChI is InChI=1S/C16H10N2O3/c19-14-9-5-1-4-8-12(9)21-16(20)13(14)15-17-10-6-2-3-7-11(10)18-15/h1-8,19H,(H,17,18). The van der Waals surface area contributed by atoms with Crippen LogP contribution >= 0.6 is 0 Å². The lowest BCUT2D eigenvalue weighted by Gasteiger charge is -2.03. The summed E-state index contributed by atoms with van der Waals surface area (Å²) in [6.45, 7) is 0. The van der Waals surface area contributed by atoms with Crippen molar-refractivity contribution in [2.24, 2.45) is 0 Å². The zero-order valence-electron chi connectivity index (χ0n) is 10.8. The van der Waals surface area contributed by atoms with Gasteiger partial charge in [0.1, 0.15) is 22.7 Å². The summed E-state index contributed by atoms with van der Waals surface area (Å²) < 4.78 is 5.25. The third-order valence-electron chi connectivity index (χ3n) is 3.41. The molecule has 0 radical (unpaired) electrons. The Morgan fingerprint density at radius 3 is 2.67 bits per heavy atom. The van der Waals surface area contributed by atoms with Gasteiger partial charge in [-0.1, -0.05) is 24.3 Å². The third kappa shape index (κ3) is 1.71. The van der Waals surface area contributed by atoms with Crippen LogP contribution in [0.25, 0.3) is 33.4 Å². The normalized spacial score (nSPS) is 11.2. The van der Waals surface area contributed by atoms with Crippen LogP contribution in [-0.2, 0) is 0 Å². The summed E-state index contributed by atoms with van der Waals surface area (Å²) in [5.74, 6) is 0.175. The van der Waals surface area contributed by atoms with Crippen LogP contribution < -0.4 is 5.63 Å². The van der Waals surface area contributed by atoms with Gasteiger partial charge in [0.25, 0.3) is 0 Å². The van der Waals surface area contributed by atoms with Crippen molar-refractivity contribution >= 4 is 22.0 Å². The molecule has 4 rings (SSSR count). The molecule has 0 atom stereocenters. The van der Waals surface area contributed by atoms with E-state index in [1.54, 1.807) is 24.3 Å². The Morgan fingerprint density at radius 2 is 1.81 bits per heavy atom. The van der Waals surface area contributed by atoms with E-state index < -0.39 is 5.63 Å². The Morgan fingerprint density at radius 1 is 1.05 bits per heavy atom. The molecular formula is C16H10N2O3. The number of hydrogen-bond acceptors (Lipinski definition) is 4. The first kappa shape index (κ1) is 11.7. The van der Waals surface area contributed by atoms with Crippen molar-refractivity contribution in [3.8, 4) is 17.1 Å². The average molecular weight is 278 g/mol. The van der Waals surface area contributed by atoms with Gasteiger partial charge in [0.15, 0.2) is 0 Å². The Kier molecular flexibility index (Phi) is 2.35. The lowest BCUT2D eigenvalue weighted by molar-refractivity contribution is 0.470. The molecule has 0 aliphatic heterocycles. The number of H-pyrrole nitrogens is 1. The molecule has 102 valence electrons. The first-order chi connectivity index (χ1) is 10.2. The molecule has 21 heavy (non-hydrogen) atoms. The summed E-state index contributed by atoms with van der Waals surface area (Å²) in [7, 11) is 0. The van der Waals surface area contributed by atoms with Crippen LogP contribution in [0.4, 0.5) is 0 Å². The van der Waals surface area contributed by atoms with E-state index in [2.05, 4.69) is 9.97 Å². The number of imidazole rings is 1. The Hall–Kier alpha value is -3.08. The molecule has 0 spiro atoms. The highest BCUT2D eigenvalue weighted by Gasteiger charge is 2.18. The molecule has 2 aromatic heterocycles. The monoisotopic (exact) mass is 278 g/mol. The Balaban J connectivity index is 2.08. The van der Waals surface area contributed by atoms with Gasteiger partial charge in [-0.2, -0.15) is 0 Å². The highest BCUT2D eigenvalue weighted by molar-refractivity contribution is 5.90. The number of nitrogens with one attached hydrogen (secondary N) is 1. The SMILES string of the molecule is O=c1oc2ccccc2c(O)c1-c1nc2ccccc2[nH]1. The van der Waals surface area contributed by atoms with Gasteiger partial charge in [0.2, 0.25) is 0 Å². The van der Waals surface area contributed by atoms with Gasteiger partial charge in [-0.25, -0.2) is 9.78 Å². The summed E-state index contributed by atoms with van der Waals surface area (Å²) in [5.41, 5.74) is 1.29. The summed E-state index contributed by atoms with van der Waals surface area (Å²) >= 11 is 0. The van der Waals surface area contributed by atoms with E-state index in [0.29, 0.717) is 16.8 Å². The predicted molar refractivity (Wildman–Crippen MR) is 79.2 cm³/mol. The van der Waals surface area contributed by atoms with Gasteiger partial charge >= 0.3 is 5.63 Å². The molecule has 0 saturated heterocycles. The van der Waals surface area contributed by atoms with Crippen LogP contribution in [0.5, 0.6) is 5.75 Å². The van der Waals surface area contributed by atoms with Gasteiger partial charge in [-0.3, -0.25) is 0 Å². The fourth-order valence-electron chi connectivity index (χ4n) is 2.41. The summed E-state index contributed by atoms with van der Waals surface area (Å²) in [5, 5.41) is 10.9. The average Bonchev–Trinajstić information content (AvgIpc) is 2.90. The fraction of sp³-hybridized carbons (Fsp3) is 0. The van der Waals surface area contributed by atoms with Crippen molar-refractivity contribution in [1.82, 2.24) is 9.97 Å². The zero-order valence-corrected chi connectivity index (χ0v) is 10.8. The van der Waals surface area contributed by atoms with E-state index in [-0.39, 0.29) is 11.3 Å². The van der Waals surface area contributed by atoms with E-state index in [1.165, 1.54) is 0 Å². The second-order valence-corrected chi connectivity index (χ2v) is 4.71. The molecule has 2 aromatic carbocycles. The van der Waals surface area contributed by atoms with Crippen molar-refractivity contribution in [2.45, 2.75) is 0 Å². The molecule has 2 N–H and O–H groups in total. The fourth-order valence-corrected chi connectivity index (χ4v) is 2.41. The van der Waals surface area contributed by atoms with Crippen molar-refractivity contribution in [3.63, 3.8) is 0 Å². The van der Waals surface area contributed by atoms with Gasteiger partial charge in [0, 0.05) is 0 Å². The molecule has 0 aliphatic rings. The number of aromatic nitrogens is 2. The van der Waals surface area contributed by atoms with Crippen LogP contribution in [0.2, 0.25) is 0 Å². The summed E-state index contributed by atoms with van der Waals surface area (Å²) in [6.07, 6.45) is 0. The molecule has 0 bridgehead atoms. The number of nitrogens with zero attached hydrogens (tertiary/aromatic N) is 1. The molecule has 5 heteroatoms. The lowest BCUT2D eigenvalue weighted by Crippen LogP contribution is -2.04. The van der Waals surface area contributed by atoms with Gasteiger partial charge in [-0.15, -0.1) is 0 Å². The molecule has 5 nitrogen and oxygen atoms in total. The molecule has 2 heterocycles. The molecule has 4 aromatic rings. The quantitative estimate of drug-likeness (QED) is 0.524. The van der Waals surface area contributed by atoms with Gasteiger partial charge < -0.3 is 14.5 Å². The zero-order chi connectivity index (χ0) is 14.4. The predicted octanol–water partition coefficient (Wildman–Crippen LogP) is 3.04. The maximum atomic E-state index is 12.1. The Bertz CT molecular complexity index is 997. The molecule has 0 aliphatic carbocycles. The molecule has 0 unspecified atom stereocenters. The minimum atomic E-state index is -0.620. The minimum Gasteiger partial charge on any atom is -0.506 e. The van der Waals surface area contributed by atoms with Gasteiger partial charge in [0.05, 0.1) is 16.4 Å². The van der Waals surface area contributed by atoms with Crippen LogP contribution in [-0.4, -0.2) is 15.1 Å². The van der Waals surface area contributed by atoms with Crippen molar-refractivity contribution in [1.29, 1.82) is 0 Å². The van der Waals surface area contributed by atoms with Crippen molar-refractivity contribution in [2.75, 3.05) is 0 Å². The number of aromatic hydroxyl groups is 1. The smallest absolute Gasteiger partial charge is 0.351 e. The number of para-hydroxylation sites is 3. The molecular weight excluding hydrogens is 268 g/mol. The van der Waals surface area contributed by atoms with Crippen molar-refractivity contribution in [3.05, 3.63) is 59.0 Å². The van der Waals surface area contributed by atoms with Crippen molar-refractivity contribution < 1.29 is 9.52 Å². The lowest BCUT2D eigenvalue weighted by atomic mass is 10.1. The maximum absolute atomic E-state index is 12.1. The third-order valence-corrected chi connectivity index (χ3v) is 3.41. The van der Waals surface area contributed by atoms with E-state index in [1.807, 2.05) is 24.3 Å². The number of benzene rings is 2. The number of fused-ring (bicyclic) bond motifs is 2. The summed E-state index contributed by atoms with van der Waals surface area (Å²) in [4.78, 5) is 19.5. The van der Waals surface area contributed by atoms with E-state index in [9.17, 15) is 9.90 Å². The number of aromatic amines is 1. The largest absolute Gasteiger partial charge is 0.506 e. The van der Waals surface area contributed by atoms with Crippen LogP contribution in [0.1, 0.15) is 0 Å². The topological polar surface area (TPSA) is 79.1 Å². The maximum Gasteiger partial charge on any atom is 0.351 e. The second-order valence-electron chi connectivity index (χ2n) is 4.71. The van der Waals surface area contributed by atoms with E-state index >= 15 is 0 Å². The highest BCUT2D eigenvalue weighted by Crippen LogP contribution is 2.32. The van der Waals surface area contributed by atoms with E-state index in [0.717, 1.165) is 11.0 Å². The minimum absolute atomic E-state index is 0.0462. The molecule has 0 amide bonds. The van der Waals surface area contributed by atoms with Crippen LogP contribution in [0.15, 0.2) is 57.7 Å². The summed E-state index contributed by atoms with van der Waals surface area (Å²) in [6, 6.07) is 14.2.